The van der Waals surface area contributed by atoms with Crippen molar-refractivity contribution in [2.45, 2.75) is 26.2 Å². The van der Waals surface area contributed by atoms with Gasteiger partial charge in [-0.05, 0) is 38.2 Å². The summed E-state index contributed by atoms with van der Waals surface area (Å²) in [5, 5.41) is 3.05. The average Bonchev–Trinajstić information content (AvgIpc) is 2.92. The third kappa shape index (κ3) is 3.17. The quantitative estimate of drug-likeness (QED) is 0.754. The van der Waals surface area contributed by atoms with Crippen LogP contribution in [0.25, 0.3) is 0 Å². The van der Waals surface area contributed by atoms with Crippen LogP contribution in [0, 0.1) is 18.8 Å². The van der Waals surface area contributed by atoms with Crippen molar-refractivity contribution in [2.24, 2.45) is 0 Å². The molecule has 1 aliphatic heterocycles. The number of hydrogen-bond donors (Lipinski definition) is 0. The number of pyridine rings is 1. The van der Waals surface area contributed by atoms with Gasteiger partial charge in [-0.15, -0.1) is 11.3 Å². The minimum absolute atomic E-state index is 0.854. The van der Waals surface area contributed by atoms with Crippen molar-refractivity contribution < 1.29 is 4.98 Å². The Morgan fingerprint density at radius 3 is 2.70 bits per heavy atom. The van der Waals surface area contributed by atoms with Crippen molar-refractivity contribution in [3.8, 4) is 11.8 Å². The van der Waals surface area contributed by atoms with Gasteiger partial charge in [0.2, 0.25) is 0 Å². The van der Waals surface area contributed by atoms with Gasteiger partial charge in [-0.2, -0.15) is 0 Å². The molecule has 3 heterocycles. The Hall–Kier alpha value is -1.86. The van der Waals surface area contributed by atoms with E-state index in [1.165, 1.54) is 25.1 Å². The molecule has 0 bridgehead atoms. The van der Waals surface area contributed by atoms with Gasteiger partial charge in [0.15, 0.2) is 0 Å². The first kappa shape index (κ1) is 13.1. The van der Waals surface area contributed by atoms with E-state index in [1.54, 1.807) is 11.3 Å². The Labute approximate surface area is 123 Å². The van der Waals surface area contributed by atoms with Crippen LogP contribution in [0.2, 0.25) is 0 Å². The molecule has 0 radical (unpaired) electrons. The minimum atomic E-state index is 0.854. The van der Waals surface area contributed by atoms with Gasteiger partial charge >= 0.3 is 0 Å². The summed E-state index contributed by atoms with van der Waals surface area (Å²) >= 11 is 1.63. The highest BCUT2D eigenvalue weighted by molar-refractivity contribution is 7.09. The number of rotatable bonds is 1. The molecule has 1 aliphatic rings. The monoisotopic (exact) mass is 284 g/mol. The average molecular weight is 284 g/mol. The number of aromatic nitrogens is 2. The number of nitrogens with zero attached hydrogens (tertiary/aromatic N) is 2. The van der Waals surface area contributed by atoms with Crippen LogP contribution in [0.15, 0.2) is 23.7 Å². The Balaban J connectivity index is 1.71. The van der Waals surface area contributed by atoms with E-state index in [1.807, 2.05) is 18.5 Å². The maximum atomic E-state index is 4.34. The summed E-state index contributed by atoms with van der Waals surface area (Å²) in [6.07, 6.45) is 5.92. The van der Waals surface area contributed by atoms with Gasteiger partial charge in [-0.1, -0.05) is 5.92 Å². The van der Waals surface area contributed by atoms with Gasteiger partial charge in [0.1, 0.15) is 11.9 Å². The highest BCUT2D eigenvalue weighted by Crippen LogP contribution is 2.15. The fourth-order valence-electron chi connectivity index (χ4n) is 2.38. The van der Waals surface area contributed by atoms with Gasteiger partial charge in [-0.25, -0.2) is 9.97 Å². The zero-order chi connectivity index (χ0) is 13.8. The summed E-state index contributed by atoms with van der Waals surface area (Å²) in [6.45, 7) is 4.30. The molecule has 4 heteroatoms. The molecule has 0 amide bonds. The number of nitrogens with one attached hydrogen (secondary N) is 1. The molecule has 0 saturated carbocycles. The molecule has 3 rings (SSSR count). The van der Waals surface area contributed by atoms with E-state index in [0.29, 0.717) is 0 Å². The Morgan fingerprint density at radius 1 is 1.20 bits per heavy atom. The zero-order valence-corrected chi connectivity index (χ0v) is 12.5. The number of hydrogen-bond acceptors (Lipinski definition) is 3. The number of aromatic amines is 1. The number of aryl methyl sites for hydroxylation is 1. The first-order chi connectivity index (χ1) is 9.81. The van der Waals surface area contributed by atoms with E-state index in [2.05, 4.69) is 38.8 Å². The maximum absolute atomic E-state index is 4.34. The molecule has 1 fully saturated rings. The van der Waals surface area contributed by atoms with E-state index in [4.69, 9.17) is 0 Å². The first-order valence-electron chi connectivity index (χ1n) is 7.02. The van der Waals surface area contributed by atoms with E-state index in [0.717, 1.165) is 29.4 Å². The number of H-pyrrole nitrogens is 1. The van der Waals surface area contributed by atoms with Crippen LogP contribution >= 0.6 is 11.3 Å². The van der Waals surface area contributed by atoms with Crippen molar-refractivity contribution in [3.63, 3.8) is 0 Å². The second kappa shape index (κ2) is 6.06. The Kier molecular flexibility index (Phi) is 3.98. The topological polar surface area (TPSA) is 30.3 Å². The second-order valence-corrected chi connectivity index (χ2v) is 6.07. The van der Waals surface area contributed by atoms with Crippen molar-refractivity contribution in [2.75, 3.05) is 18.0 Å². The van der Waals surface area contributed by atoms with E-state index < -0.39 is 0 Å². The third-order valence-corrected chi connectivity index (χ3v) is 4.22. The van der Waals surface area contributed by atoms with Gasteiger partial charge in [0.25, 0.3) is 5.82 Å². The zero-order valence-electron chi connectivity index (χ0n) is 11.6. The Bertz CT molecular complexity index is 628. The predicted octanol–water partition coefficient (Wildman–Crippen LogP) is 2.66. The molecule has 1 N–H and O–H groups in total. The highest BCUT2D eigenvalue weighted by atomic mass is 32.1. The standard InChI is InChI=1S/C16H17N3S/c1-13-18-15(12-20-13)7-5-14-6-8-16(17-11-14)19-9-3-2-4-10-19/h6,8,11-12H,2-4,9-10H2,1H3/p+1. The van der Waals surface area contributed by atoms with E-state index >= 15 is 0 Å². The van der Waals surface area contributed by atoms with Crippen molar-refractivity contribution >= 4 is 17.2 Å². The minimum Gasteiger partial charge on any atom is -0.262 e. The predicted molar refractivity (Wildman–Crippen MR) is 81.9 cm³/mol. The van der Waals surface area contributed by atoms with Crippen molar-refractivity contribution in [1.29, 1.82) is 0 Å². The van der Waals surface area contributed by atoms with Gasteiger partial charge in [0.05, 0.1) is 23.7 Å². The van der Waals surface area contributed by atoms with Crippen LogP contribution in [0.1, 0.15) is 35.5 Å². The van der Waals surface area contributed by atoms with Gasteiger partial charge in [-0.3, -0.25) is 4.90 Å². The molecular weight excluding hydrogens is 266 g/mol. The third-order valence-electron chi connectivity index (χ3n) is 3.45. The molecule has 20 heavy (non-hydrogen) atoms. The molecule has 1 saturated heterocycles. The second-order valence-electron chi connectivity index (χ2n) is 5.01. The highest BCUT2D eigenvalue weighted by Gasteiger charge is 2.17. The van der Waals surface area contributed by atoms with Gasteiger partial charge in [0, 0.05) is 11.4 Å². The summed E-state index contributed by atoms with van der Waals surface area (Å²) in [6, 6.07) is 4.20. The first-order valence-corrected chi connectivity index (χ1v) is 7.90. The lowest BCUT2D eigenvalue weighted by molar-refractivity contribution is -0.364. The summed E-state index contributed by atoms with van der Waals surface area (Å²) in [7, 11) is 0. The molecule has 2 aromatic rings. The summed E-state index contributed by atoms with van der Waals surface area (Å²) < 4.78 is 0. The van der Waals surface area contributed by atoms with Crippen LogP contribution in [-0.4, -0.2) is 18.1 Å². The largest absolute Gasteiger partial charge is 0.274 e. The fourth-order valence-corrected chi connectivity index (χ4v) is 2.93. The molecule has 0 atom stereocenters. The molecule has 102 valence electrons. The molecule has 0 unspecified atom stereocenters. The van der Waals surface area contributed by atoms with Gasteiger partial charge < -0.3 is 0 Å². The van der Waals surface area contributed by atoms with E-state index in [-0.39, 0.29) is 0 Å². The Morgan fingerprint density at radius 2 is 2.05 bits per heavy atom. The maximum Gasteiger partial charge on any atom is 0.274 e. The molecule has 0 spiro atoms. The molecule has 0 aromatic carbocycles. The number of anilines is 1. The molecule has 0 aliphatic carbocycles. The van der Waals surface area contributed by atoms with Crippen LogP contribution in [0.4, 0.5) is 5.82 Å². The lowest BCUT2D eigenvalue weighted by Gasteiger charge is -2.20. The summed E-state index contributed by atoms with van der Waals surface area (Å²) in [5.41, 5.74) is 1.85. The number of piperidine rings is 1. The lowest BCUT2D eigenvalue weighted by Crippen LogP contribution is -2.33. The lowest BCUT2D eigenvalue weighted by atomic mass is 10.1. The molecule has 2 aromatic heterocycles. The van der Waals surface area contributed by atoms with Crippen LogP contribution < -0.4 is 9.88 Å². The normalized spacial score (nSPS) is 14.8. The smallest absolute Gasteiger partial charge is 0.262 e. The SMILES string of the molecule is Cc1nc(C#Cc2ccc(N3CCCCC3)[nH+]c2)cs1. The van der Waals surface area contributed by atoms with Crippen LogP contribution in [-0.2, 0) is 0 Å². The molecule has 3 nitrogen and oxygen atoms in total. The number of thiazole rings is 1. The van der Waals surface area contributed by atoms with Crippen molar-refractivity contribution in [3.05, 3.63) is 40.0 Å². The fraction of sp³-hybridized carbons (Fsp3) is 0.375. The van der Waals surface area contributed by atoms with Crippen LogP contribution in [0.5, 0.6) is 0 Å². The van der Waals surface area contributed by atoms with Crippen LogP contribution in [0.3, 0.4) is 0 Å². The summed E-state index contributed by atoms with van der Waals surface area (Å²) in [4.78, 5) is 10.1. The molecular formula is C16H18N3S+. The van der Waals surface area contributed by atoms with E-state index in [9.17, 15) is 0 Å². The summed E-state index contributed by atoms with van der Waals surface area (Å²) in [5.74, 6) is 7.44. The van der Waals surface area contributed by atoms with Crippen molar-refractivity contribution in [1.82, 2.24) is 4.98 Å².